The van der Waals surface area contributed by atoms with Gasteiger partial charge in [0.1, 0.15) is 36.3 Å². The maximum atomic E-state index is 11.0. The van der Waals surface area contributed by atoms with E-state index in [1.165, 1.54) is 6.26 Å². The fraction of sp³-hybridized carbons (Fsp3) is 0.120. The molecule has 7 nitrogen and oxygen atoms in total. The monoisotopic (exact) mass is 459 g/mol. The summed E-state index contributed by atoms with van der Waals surface area (Å²) < 4.78 is 16.7. The highest BCUT2D eigenvalue weighted by molar-refractivity contribution is 7.16. The van der Waals surface area contributed by atoms with E-state index in [-0.39, 0.29) is 6.17 Å². The van der Waals surface area contributed by atoms with E-state index in [0.29, 0.717) is 17.9 Å². The lowest BCUT2D eigenvalue weighted by Gasteiger charge is -2.22. The molecule has 5 rings (SSSR count). The number of rotatable bonds is 8. The van der Waals surface area contributed by atoms with E-state index in [0.717, 1.165) is 44.5 Å². The third-order valence-corrected chi connectivity index (χ3v) is 6.36. The van der Waals surface area contributed by atoms with E-state index < -0.39 is 0 Å². The first-order valence-corrected chi connectivity index (χ1v) is 11.1. The van der Waals surface area contributed by atoms with Crippen LogP contribution in [0.5, 0.6) is 11.5 Å². The highest BCUT2D eigenvalue weighted by Gasteiger charge is 2.22. The van der Waals surface area contributed by atoms with Gasteiger partial charge in [-0.15, -0.1) is 11.3 Å². The number of nitrogens with zero attached hydrogens (tertiary/aromatic N) is 1. The molecule has 1 atom stereocenters. The Bertz CT molecular complexity index is 1290. The van der Waals surface area contributed by atoms with Crippen molar-refractivity contribution in [2.75, 3.05) is 12.4 Å². The van der Waals surface area contributed by atoms with Crippen molar-refractivity contribution in [3.05, 3.63) is 82.9 Å². The number of nitrogens with one attached hydrogen (secondary N) is 2. The zero-order valence-corrected chi connectivity index (χ0v) is 18.6. The van der Waals surface area contributed by atoms with Gasteiger partial charge in [0, 0.05) is 11.8 Å². The molecule has 0 amide bonds. The molecule has 1 unspecified atom stereocenters. The lowest BCUT2D eigenvalue weighted by molar-refractivity contribution is 0.112. The van der Waals surface area contributed by atoms with Crippen molar-refractivity contribution in [1.29, 1.82) is 0 Å². The van der Waals surface area contributed by atoms with Crippen molar-refractivity contribution in [3.63, 3.8) is 0 Å². The molecule has 2 aromatic carbocycles. The van der Waals surface area contributed by atoms with Crippen molar-refractivity contribution >= 4 is 35.3 Å². The molecule has 1 aliphatic heterocycles. The number of carbonyl (C=O) groups is 1. The fourth-order valence-electron chi connectivity index (χ4n) is 3.46. The van der Waals surface area contributed by atoms with Gasteiger partial charge in [-0.25, -0.2) is 4.99 Å². The van der Waals surface area contributed by atoms with Crippen LogP contribution in [0.15, 0.2) is 76.3 Å². The number of fused-ring (bicyclic) bond motifs is 1. The molecule has 0 radical (unpaired) electrons. The van der Waals surface area contributed by atoms with E-state index in [1.807, 2.05) is 54.6 Å². The van der Waals surface area contributed by atoms with E-state index >= 15 is 0 Å². The average molecular weight is 460 g/mol. The Morgan fingerprint density at radius 1 is 1.15 bits per heavy atom. The predicted octanol–water partition coefficient (Wildman–Crippen LogP) is 5.78. The van der Waals surface area contributed by atoms with Crippen LogP contribution >= 0.6 is 11.3 Å². The van der Waals surface area contributed by atoms with Crippen molar-refractivity contribution in [1.82, 2.24) is 5.32 Å². The van der Waals surface area contributed by atoms with Gasteiger partial charge in [0.25, 0.3) is 0 Å². The van der Waals surface area contributed by atoms with Gasteiger partial charge in [-0.1, -0.05) is 18.2 Å². The highest BCUT2D eigenvalue weighted by atomic mass is 32.1. The summed E-state index contributed by atoms with van der Waals surface area (Å²) in [6, 6.07) is 19.3. The second kappa shape index (κ2) is 9.22. The van der Waals surface area contributed by atoms with Crippen LogP contribution in [0, 0.1) is 0 Å². The summed E-state index contributed by atoms with van der Waals surface area (Å²) in [6.07, 6.45) is 3.75. The van der Waals surface area contributed by atoms with Crippen molar-refractivity contribution in [2.24, 2.45) is 4.99 Å². The van der Waals surface area contributed by atoms with Crippen LogP contribution in [0.25, 0.3) is 10.6 Å². The van der Waals surface area contributed by atoms with Crippen LogP contribution in [0.1, 0.15) is 27.0 Å². The third-order valence-electron chi connectivity index (χ3n) is 5.16. The standard InChI is InChI=1S/C25H21N3O4S/c1-30-19-7-5-16(6-8-19)13-31-20-4-2-3-18(10-20)28-25-24-21(26-15-27-25)11-23(33-24)22-9-17(12-29)14-32-22/h2-12,14-15,25,28H,13H2,1H3,(H,26,27). The molecule has 0 fully saturated rings. The van der Waals surface area contributed by atoms with Gasteiger partial charge in [-0.3, -0.25) is 4.79 Å². The Hall–Kier alpha value is -4.04. The molecule has 0 bridgehead atoms. The van der Waals surface area contributed by atoms with Gasteiger partial charge in [0.05, 0.1) is 34.5 Å². The van der Waals surface area contributed by atoms with Crippen LogP contribution in [0.2, 0.25) is 0 Å². The average Bonchev–Trinajstić information content (AvgIpc) is 3.51. The number of hydrogen-bond acceptors (Lipinski definition) is 8. The summed E-state index contributed by atoms with van der Waals surface area (Å²) in [7, 11) is 1.65. The quantitative estimate of drug-likeness (QED) is 0.325. The number of benzene rings is 2. The minimum Gasteiger partial charge on any atom is -0.497 e. The van der Waals surface area contributed by atoms with E-state index in [1.54, 1.807) is 30.9 Å². The minimum absolute atomic E-state index is 0.159. The van der Waals surface area contributed by atoms with Crippen molar-refractivity contribution in [3.8, 4) is 22.1 Å². The van der Waals surface area contributed by atoms with Crippen LogP contribution in [-0.4, -0.2) is 19.7 Å². The SMILES string of the molecule is COc1ccc(COc2cccc(NC3NC=Nc4cc(-c5cc(C=O)co5)sc43)c2)cc1. The lowest BCUT2D eigenvalue weighted by Crippen LogP contribution is -2.28. The number of thiophene rings is 1. The van der Waals surface area contributed by atoms with Gasteiger partial charge >= 0.3 is 0 Å². The topological polar surface area (TPSA) is 85.1 Å². The second-order valence-electron chi connectivity index (χ2n) is 7.39. The molecule has 2 N–H and O–H groups in total. The molecule has 4 aromatic rings. The van der Waals surface area contributed by atoms with Gasteiger partial charge in [-0.05, 0) is 42.0 Å². The van der Waals surface area contributed by atoms with Crippen LogP contribution in [0.4, 0.5) is 11.4 Å². The Morgan fingerprint density at radius 2 is 2.03 bits per heavy atom. The molecule has 166 valence electrons. The van der Waals surface area contributed by atoms with Gasteiger partial charge in [0.15, 0.2) is 6.29 Å². The number of aldehydes is 1. The van der Waals surface area contributed by atoms with Crippen molar-refractivity contribution in [2.45, 2.75) is 12.8 Å². The van der Waals surface area contributed by atoms with Crippen LogP contribution in [0.3, 0.4) is 0 Å². The summed E-state index contributed by atoms with van der Waals surface area (Å²) in [4.78, 5) is 17.3. The second-order valence-corrected chi connectivity index (χ2v) is 8.47. The minimum atomic E-state index is -0.159. The summed E-state index contributed by atoms with van der Waals surface area (Å²) in [5.41, 5.74) is 3.35. The lowest BCUT2D eigenvalue weighted by atomic mass is 10.2. The maximum Gasteiger partial charge on any atom is 0.153 e. The van der Waals surface area contributed by atoms with Gasteiger partial charge < -0.3 is 24.5 Å². The molecule has 0 saturated carbocycles. The number of anilines is 1. The van der Waals surface area contributed by atoms with E-state index in [9.17, 15) is 4.79 Å². The first-order valence-electron chi connectivity index (χ1n) is 10.3. The molecule has 0 aliphatic carbocycles. The fourth-order valence-corrected chi connectivity index (χ4v) is 4.54. The maximum absolute atomic E-state index is 11.0. The highest BCUT2D eigenvalue weighted by Crippen LogP contribution is 2.41. The van der Waals surface area contributed by atoms with E-state index in [2.05, 4.69) is 15.6 Å². The Morgan fingerprint density at radius 3 is 2.82 bits per heavy atom. The molecule has 33 heavy (non-hydrogen) atoms. The number of aliphatic imine (C=N–C) groups is 1. The Labute approximate surface area is 194 Å². The Balaban J connectivity index is 1.29. The summed E-state index contributed by atoms with van der Waals surface area (Å²) >= 11 is 1.56. The van der Waals surface area contributed by atoms with Gasteiger partial charge in [0.2, 0.25) is 0 Å². The number of furan rings is 1. The molecule has 2 aromatic heterocycles. The zero-order chi connectivity index (χ0) is 22.6. The first kappa shape index (κ1) is 20.8. The number of ether oxygens (including phenoxy) is 2. The molecule has 1 aliphatic rings. The number of methoxy groups -OCH3 is 1. The molecular weight excluding hydrogens is 438 g/mol. The van der Waals surface area contributed by atoms with Crippen LogP contribution < -0.4 is 20.1 Å². The Kier molecular flexibility index (Phi) is 5.82. The van der Waals surface area contributed by atoms with E-state index in [4.69, 9.17) is 13.9 Å². The van der Waals surface area contributed by atoms with Crippen LogP contribution in [-0.2, 0) is 6.61 Å². The molecule has 3 heterocycles. The van der Waals surface area contributed by atoms with Crippen molar-refractivity contribution < 1.29 is 18.7 Å². The molecule has 0 saturated heterocycles. The number of hydrogen-bond donors (Lipinski definition) is 2. The summed E-state index contributed by atoms with van der Waals surface area (Å²) in [5.74, 6) is 2.24. The largest absolute Gasteiger partial charge is 0.497 e. The molecule has 0 spiro atoms. The third kappa shape index (κ3) is 4.61. The molecular formula is C25H21N3O4S. The van der Waals surface area contributed by atoms with Gasteiger partial charge in [-0.2, -0.15) is 0 Å². The predicted molar refractivity (Wildman–Crippen MR) is 129 cm³/mol. The summed E-state index contributed by atoms with van der Waals surface area (Å²) in [5, 5.41) is 6.76. The normalized spacial score (nSPS) is 14.3. The zero-order valence-electron chi connectivity index (χ0n) is 17.8. The smallest absolute Gasteiger partial charge is 0.153 e. The number of carbonyl (C=O) groups excluding carboxylic acids is 1. The first-order chi connectivity index (χ1) is 16.2. The summed E-state index contributed by atoms with van der Waals surface area (Å²) in [6.45, 7) is 0.464. The molecule has 8 heteroatoms.